The van der Waals surface area contributed by atoms with E-state index < -0.39 is 4.92 Å². The zero-order valence-corrected chi connectivity index (χ0v) is 8.91. The zero-order valence-electron chi connectivity index (χ0n) is 8.16. The Kier molecular flexibility index (Phi) is 3.74. The Labute approximate surface area is 91.8 Å². The molecule has 0 radical (unpaired) electrons. The summed E-state index contributed by atoms with van der Waals surface area (Å²) in [7, 11) is 0. The van der Waals surface area contributed by atoms with E-state index in [0.29, 0.717) is 6.54 Å². The summed E-state index contributed by atoms with van der Waals surface area (Å²) >= 11 is 5.65. The maximum absolute atomic E-state index is 10.5. The first-order valence-corrected chi connectivity index (χ1v) is 4.84. The number of benzene rings is 1. The summed E-state index contributed by atoms with van der Waals surface area (Å²) < 4.78 is 0. The fraction of sp³-hybridized carbons (Fsp3) is 0.333. The van der Waals surface area contributed by atoms with Crippen LogP contribution in [0.4, 0.5) is 11.4 Å². The lowest BCUT2D eigenvalue weighted by molar-refractivity contribution is -0.384. The highest BCUT2D eigenvalue weighted by Crippen LogP contribution is 2.35. The van der Waals surface area contributed by atoms with Crippen LogP contribution < -0.4 is 5.32 Å². The van der Waals surface area contributed by atoms with E-state index >= 15 is 0 Å². The second-order valence-corrected chi connectivity index (χ2v) is 3.41. The van der Waals surface area contributed by atoms with Crippen LogP contribution in [0.3, 0.4) is 0 Å². The van der Waals surface area contributed by atoms with Crippen molar-refractivity contribution in [1.29, 1.82) is 0 Å². The zero-order chi connectivity index (χ0) is 11.4. The number of nitrogens with one attached hydrogen (secondary N) is 1. The van der Waals surface area contributed by atoms with Gasteiger partial charge in [-0.15, -0.1) is 0 Å². The van der Waals surface area contributed by atoms with Gasteiger partial charge in [-0.25, -0.2) is 0 Å². The summed E-state index contributed by atoms with van der Waals surface area (Å²) in [5.74, 6) is -0.157. The topological polar surface area (TPSA) is 75.4 Å². The van der Waals surface area contributed by atoms with Gasteiger partial charge in [0.25, 0.3) is 5.69 Å². The molecule has 1 rings (SSSR count). The summed E-state index contributed by atoms with van der Waals surface area (Å²) in [5.41, 5.74) is 0.146. The summed E-state index contributed by atoms with van der Waals surface area (Å²) in [6.45, 7) is 2.56. The van der Waals surface area contributed by atoms with E-state index in [4.69, 9.17) is 11.6 Å². The van der Waals surface area contributed by atoms with Gasteiger partial charge in [0.15, 0.2) is 5.75 Å². The molecule has 5 nitrogen and oxygen atoms in total. The van der Waals surface area contributed by atoms with E-state index in [1.165, 1.54) is 6.07 Å². The average Bonchev–Trinajstić information content (AvgIpc) is 2.19. The van der Waals surface area contributed by atoms with E-state index in [9.17, 15) is 15.2 Å². The van der Waals surface area contributed by atoms with Gasteiger partial charge in [-0.3, -0.25) is 10.1 Å². The van der Waals surface area contributed by atoms with E-state index in [2.05, 4.69) is 5.32 Å². The largest absolute Gasteiger partial charge is 0.504 e. The lowest BCUT2D eigenvalue weighted by Gasteiger charge is -2.08. The quantitative estimate of drug-likeness (QED) is 0.474. The minimum Gasteiger partial charge on any atom is -0.504 e. The molecule has 0 atom stereocenters. The lowest BCUT2D eigenvalue weighted by atomic mass is 10.2. The second kappa shape index (κ2) is 4.84. The fourth-order valence-corrected chi connectivity index (χ4v) is 1.30. The van der Waals surface area contributed by atoms with E-state index in [0.717, 1.165) is 12.5 Å². The number of halogens is 1. The Morgan fingerprint density at radius 2 is 2.27 bits per heavy atom. The van der Waals surface area contributed by atoms with Crippen molar-refractivity contribution in [3.63, 3.8) is 0 Å². The minimum absolute atomic E-state index is 0.0252. The molecule has 1 aromatic rings. The number of phenols is 1. The number of hydrogen-bond acceptors (Lipinski definition) is 4. The number of nitro groups is 1. The molecule has 82 valence electrons. The highest BCUT2D eigenvalue weighted by atomic mass is 35.5. The number of nitro benzene ring substituents is 1. The smallest absolute Gasteiger partial charge is 0.273 e. The van der Waals surface area contributed by atoms with Crippen LogP contribution >= 0.6 is 11.6 Å². The first-order chi connectivity index (χ1) is 7.06. The fourth-order valence-electron chi connectivity index (χ4n) is 1.08. The summed E-state index contributed by atoms with van der Waals surface area (Å²) in [4.78, 5) is 9.97. The minimum atomic E-state index is -0.553. The number of anilines is 1. The standard InChI is InChI=1S/C9H11ClN2O3/c1-2-3-11-8-5-6(12(14)15)4-7(10)9(8)13/h4-5,11,13H,2-3H2,1H3. The molecule has 15 heavy (non-hydrogen) atoms. The molecular weight excluding hydrogens is 220 g/mol. The van der Waals surface area contributed by atoms with Crippen molar-refractivity contribution in [3.05, 3.63) is 27.3 Å². The molecule has 0 aliphatic carbocycles. The van der Waals surface area contributed by atoms with Crippen molar-refractivity contribution in [2.75, 3.05) is 11.9 Å². The molecule has 2 N–H and O–H groups in total. The Morgan fingerprint density at radius 1 is 1.60 bits per heavy atom. The first kappa shape index (κ1) is 11.6. The van der Waals surface area contributed by atoms with Crippen molar-refractivity contribution in [2.45, 2.75) is 13.3 Å². The maximum atomic E-state index is 10.5. The van der Waals surface area contributed by atoms with Gasteiger partial charge in [-0.1, -0.05) is 18.5 Å². The van der Waals surface area contributed by atoms with Gasteiger partial charge in [0.05, 0.1) is 15.6 Å². The molecule has 0 aliphatic heterocycles. The number of phenolic OH excluding ortho intramolecular Hbond substituents is 1. The number of aromatic hydroxyl groups is 1. The predicted molar refractivity (Wildman–Crippen MR) is 58.6 cm³/mol. The van der Waals surface area contributed by atoms with Crippen molar-refractivity contribution < 1.29 is 10.0 Å². The Morgan fingerprint density at radius 3 is 2.80 bits per heavy atom. The Balaban J connectivity index is 3.07. The van der Waals surface area contributed by atoms with Crippen LogP contribution in [-0.2, 0) is 0 Å². The van der Waals surface area contributed by atoms with Gasteiger partial charge < -0.3 is 10.4 Å². The normalized spacial score (nSPS) is 10.0. The summed E-state index contributed by atoms with van der Waals surface area (Å²) in [6, 6.07) is 2.38. The van der Waals surface area contributed by atoms with Crippen LogP contribution in [0.2, 0.25) is 5.02 Å². The number of nitrogens with zero attached hydrogens (tertiary/aromatic N) is 1. The molecule has 0 saturated heterocycles. The average molecular weight is 231 g/mol. The molecule has 0 bridgehead atoms. The molecular formula is C9H11ClN2O3. The van der Waals surface area contributed by atoms with Crippen molar-refractivity contribution >= 4 is 23.0 Å². The van der Waals surface area contributed by atoms with Gasteiger partial charge in [0.1, 0.15) is 0 Å². The van der Waals surface area contributed by atoms with Crippen LogP contribution in [0, 0.1) is 10.1 Å². The number of rotatable bonds is 4. The highest BCUT2D eigenvalue weighted by Gasteiger charge is 2.14. The molecule has 6 heteroatoms. The SMILES string of the molecule is CCCNc1cc([N+](=O)[O-])cc(Cl)c1O. The van der Waals surface area contributed by atoms with Crippen molar-refractivity contribution in [1.82, 2.24) is 0 Å². The summed E-state index contributed by atoms with van der Waals surface area (Å²) in [6.07, 6.45) is 0.847. The van der Waals surface area contributed by atoms with E-state index in [-0.39, 0.29) is 22.1 Å². The third kappa shape index (κ3) is 2.73. The second-order valence-electron chi connectivity index (χ2n) is 3.01. The third-order valence-corrected chi connectivity index (χ3v) is 2.11. The third-order valence-electron chi connectivity index (χ3n) is 1.82. The van der Waals surface area contributed by atoms with E-state index in [1.54, 1.807) is 0 Å². The highest BCUT2D eigenvalue weighted by molar-refractivity contribution is 6.32. The van der Waals surface area contributed by atoms with Crippen LogP contribution in [0.15, 0.2) is 12.1 Å². The molecule has 0 amide bonds. The van der Waals surface area contributed by atoms with Crippen LogP contribution in [0.5, 0.6) is 5.75 Å². The van der Waals surface area contributed by atoms with Crippen molar-refractivity contribution in [2.24, 2.45) is 0 Å². The molecule has 0 unspecified atom stereocenters. The molecule has 0 heterocycles. The monoisotopic (exact) mass is 230 g/mol. The maximum Gasteiger partial charge on any atom is 0.273 e. The molecule has 0 fully saturated rings. The van der Waals surface area contributed by atoms with Gasteiger partial charge >= 0.3 is 0 Å². The molecule has 0 spiro atoms. The molecule has 0 aliphatic rings. The molecule has 0 aromatic heterocycles. The van der Waals surface area contributed by atoms with Gasteiger partial charge in [0, 0.05) is 18.7 Å². The van der Waals surface area contributed by atoms with Gasteiger partial charge in [-0.05, 0) is 6.42 Å². The molecule has 0 saturated carbocycles. The lowest BCUT2D eigenvalue weighted by Crippen LogP contribution is -2.01. The number of non-ortho nitro benzene ring substituents is 1. The van der Waals surface area contributed by atoms with Gasteiger partial charge in [0.2, 0.25) is 0 Å². The van der Waals surface area contributed by atoms with Crippen LogP contribution in [0.1, 0.15) is 13.3 Å². The van der Waals surface area contributed by atoms with Crippen molar-refractivity contribution in [3.8, 4) is 5.75 Å². The predicted octanol–water partition coefficient (Wildman–Crippen LogP) is 2.78. The Bertz CT molecular complexity index is 382. The van der Waals surface area contributed by atoms with E-state index in [1.807, 2.05) is 6.92 Å². The first-order valence-electron chi connectivity index (χ1n) is 4.47. The summed E-state index contributed by atoms with van der Waals surface area (Å²) in [5, 5.41) is 22.9. The van der Waals surface area contributed by atoms with Crippen LogP contribution in [0.25, 0.3) is 0 Å². The molecule has 1 aromatic carbocycles. The van der Waals surface area contributed by atoms with Gasteiger partial charge in [-0.2, -0.15) is 0 Å². The number of hydrogen-bond donors (Lipinski definition) is 2. The van der Waals surface area contributed by atoms with Crippen LogP contribution in [-0.4, -0.2) is 16.6 Å². The Hall–Kier alpha value is -1.49.